The van der Waals surface area contributed by atoms with Crippen LogP contribution in [0.5, 0.6) is 5.75 Å². The van der Waals surface area contributed by atoms with Gasteiger partial charge in [-0.25, -0.2) is 4.98 Å². The molecule has 0 spiro atoms. The molecule has 6 nitrogen and oxygen atoms in total. The number of hydrogen-bond donors (Lipinski definition) is 0. The van der Waals surface area contributed by atoms with Crippen molar-refractivity contribution in [3.8, 4) is 17.1 Å². The van der Waals surface area contributed by atoms with E-state index < -0.39 is 0 Å². The first kappa shape index (κ1) is 22.3. The summed E-state index contributed by atoms with van der Waals surface area (Å²) in [6, 6.07) is 15.0. The Labute approximate surface area is 192 Å². The van der Waals surface area contributed by atoms with Crippen LogP contribution in [0, 0.1) is 6.92 Å². The zero-order valence-corrected chi connectivity index (χ0v) is 19.5. The molecule has 0 N–H and O–H groups in total. The van der Waals surface area contributed by atoms with E-state index in [0.29, 0.717) is 16.7 Å². The number of para-hydroxylation sites is 1. The van der Waals surface area contributed by atoms with Gasteiger partial charge in [-0.1, -0.05) is 26.0 Å². The van der Waals surface area contributed by atoms with Gasteiger partial charge in [-0.3, -0.25) is 4.79 Å². The molecule has 2 heterocycles. The third-order valence-electron chi connectivity index (χ3n) is 5.48. The maximum Gasteiger partial charge on any atom is 0.282 e. The lowest BCUT2D eigenvalue weighted by atomic mass is 9.96. The summed E-state index contributed by atoms with van der Waals surface area (Å²) in [4.78, 5) is 18.3. The van der Waals surface area contributed by atoms with Crippen molar-refractivity contribution < 1.29 is 9.15 Å². The Morgan fingerprint density at radius 2 is 1.97 bits per heavy atom. The Balaban J connectivity index is 1.94. The van der Waals surface area contributed by atoms with Crippen molar-refractivity contribution in [1.82, 2.24) is 9.66 Å². The maximum atomic E-state index is 13.5. The first-order valence-corrected chi connectivity index (χ1v) is 10.9. The average molecular weight is 442 g/mol. The Hall–Kier alpha value is -3.93. The highest BCUT2D eigenvalue weighted by Crippen LogP contribution is 2.34. The van der Waals surface area contributed by atoms with Gasteiger partial charge in [0.15, 0.2) is 5.82 Å². The number of benzene rings is 2. The van der Waals surface area contributed by atoms with Crippen molar-refractivity contribution in [3.05, 3.63) is 87.6 Å². The molecule has 0 radical (unpaired) electrons. The van der Waals surface area contributed by atoms with E-state index in [9.17, 15) is 4.79 Å². The molecule has 4 aromatic rings. The molecule has 0 unspecified atom stereocenters. The SMILES string of the molecule is COc1cc(C)c(-c2nc3ccccc3c(=O)n2N=C/C(C)=C/c2ccco2)cc1C(C)C. The standard InChI is InChI=1S/C27H27N3O3/c1-17(2)22-15-23(19(4)14-25(22)32-5)26-29-24-11-7-6-10-21(24)27(31)30(26)28-16-18(3)13-20-9-8-12-33-20/h6-17H,1-5H3/b18-13+,28-16?. The smallest absolute Gasteiger partial charge is 0.282 e. The van der Waals surface area contributed by atoms with Crippen LogP contribution in [0.25, 0.3) is 28.4 Å². The third-order valence-corrected chi connectivity index (χ3v) is 5.48. The highest BCUT2D eigenvalue weighted by atomic mass is 16.5. The fourth-order valence-electron chi connectivity index (χ4n) is 3.76. The second-order valence-corrected chi connectivity index (χ2v) is 8.28. The van der Waals surface area contributed by atoms with Crippen molar-refractivity contribution in [2.24, 2.45) is 5.10 Å². The minimum absolute atomic E-state index is 0.223. The van der Waals surface area contributed by atoms with Crippen LogP contribution in [-0.2, 0) is 0 Å². The van der Waals surface area contributed by atoms with E-state index in [-0.39, 0.29) is 11.5 Å². The monoisotopic (exact) mass is 441 g/mol. The Morgan fingerprint density at radius 3 is 2.67 bits per heavy atom. The summed E-state index contributed by atoms with van der Waals surface area (Å²) >= 11 is 0. The van der Waals surface area contributed by atoms with Crippen LogP contribution in [0.1, 0.15) is 43.6 Å². The number of nitrogens with zero attached hydrogens (tertiary/aromatic N) is 3. The second-order valence-electron chi connectivity index (χ2n) is 8.28. The van der Waals surface area contributed by atoms with Gasteiger partial charge in [0, 0.05) is 5.56 Å². The molecule has 0 aliphatic carbocycles. The first-order chi connectivity index (χ1) is 15.9. The topological polar surface area (TPSA) is 69.6 Å². The van der Waals surface area contributed by atoms with Crippen molar-refractivity contribution in [2.75, 3.05) is 7.11 Å². The van der Waals surface area contributed by atoms with E-state index in [1.807, 2.05) is 62.4 Å². The molecule has 0 fully saturated rings. The number of furan rings is 1. The van der Waals surface area contributed by atoms with Crippen molar-refractivity contribution in [3.63, 3.8) is 0 Å². The van der Waals surface area contributed by atoms with Gasteiger partial charge in [-0.15, -0.1) is 0 Å². The zero-order chi connectivity index (χ0) is 23.5. The van der Waals surface area contributed by atoms with Crippen LogP contribution < -0.4 is 10.3 Å². The number of ether oxygens (including phenoxy) is 1. The van der Waals surface area contributed by atoms with Gasteiger partial charge in [0.2, 0.25) is 0 Å². The minimum Gasteiger partial charge on any atom is -0.496 e. The van der Waals surface area contributed by atoms with Gasteiger partial charge in [0.1, 0.15) is 11.5 Å². The number of methoxy groups -OCH3 is 1. The van der Waals surface area contributed by atoms with Crippen LogP contribution in [0.4, 0.5) is 0 Å². The van der Waals surface area contributed by atoms with Crippen molar-refractivity contribution in [2.45, 2.75) is 33.6 Å². The molecule has 0 bridgehead atoms. The van der Waals surface area contributed by atoms with E-state index in [4.69, 9.17) is 14.1 Å². The molecule has 2 aromatic heterocycles. The summed E-state index contributed by atoms with van der Waals surface area (Å²) in [5.74, 6) is 2.27. The number of allylic oxidation sites excluding steroid dienone is 1. The lowest BCUT2D eigenvalue weighted by molar-refractivity contribution is 0.407. The number of rotatable bonds is 6. The third kappa shape index (κ3) is 4.51. The fourth-order valence-corrected chi connectivity index (χ4v) is 3.76. The molecular formula is C27H27N3O3. The number of aromatic nitrogens is 2. The van der Waals surface area contributed by atoms with Crippen LogP contribution in [0.3, 0.4) is 0 Å². The molecule has 6 heteroatoms. The molecule has 2 aromatic carbocycles. The molecule has 0 aliphatic heterocycles. The molecule has 0 aliphatic rings. The molecule has 33 heavy (non-hydrogen) atoms. The van der Waals surface area contributed by atoms with Gasteiger partial charge in [-0.2, -0.15) is 9.78 Å². The predicted molar refractivity (Wildman–Crippen MR) is 133 cm³/mol. The summed E-state index contributed by atoms with van der Waals surface area (Å²) in [5.41, 5.74) is 4.08. The Kier molecular flexibility index (Phi) is 6.27. The van der Waals surface area contributed by atoms with E-state index in [1.165, 1.54) is 4.68 Å². The molecular weight excluding hydrogens is 414 g/mol. The molecule has 0 saturated heterocycles. The van der Waals surface area contributed by atoms with Gasteiger partial charge in [0.25, 0.3) is 5.56 Å². The Morgan fingerprint density at radius 1 is 1.18 bits per heavy atom. The predicted octanol–water partition coefficient (Wildman–Crippen LogP) is 6.03. The molecule has 168 valence electrons. The summed E-state index contributed by atoms with van der Waals surface area (Å²) in [7, 11) is 1.67. The molecule has 4 rings (SSSR count). The molecule has 0 atom stereocenters. The van der Waals surface area contributed by atoms with Crippen LogP contribution in [-0.4, -0.2) is 23.0 Å². The van der Waals surface area contributed by atoms with E-state index in [2.05, 4.69) is 18.9 Å². The zero-order valence-electron chi connectivity index (χ0n) is 19.5. The number of aryl methyl sites for hydroxylation is 1. The summed E-state index contributed by atoms with van der Waals surface area (Å²) < 4.78 is 12.3. The quantitative estimate of drug-likeness (QED) is 0.342. The van der Waals surface area contributed by atoms with Crippen LogP contribution in [0.2, 0.25) is 0 Å². The second kappa shape index (κ2) is 9.28. The summed E-state index contributed by atoms with van der Waals surface area (Å²) in [5, 5.41) is 5.06. The van der Waals surface area contributed by atoms with Crippen LogP contribution in [0.15, 0.2) is 74.7 Å². The summed E-state index contributed by atoms with van der Waals surface area (Å²) in [6.07, 6.45) is 5.12. The lowest BCUT2D eigenvalue weighted by Gasteiger charge is -2.17. The fraction of sp³-hybridized carbons (Fsp3) is 0.222. The first-order valence-electron chi connectivity index (χ1n) is 10.9. The van der Waals surface area contributed by atoms with E-state index >= 15 is 0 Å². The highest BCUT2D eigenvalue weighted by molar-refractivity contribution is 5.85. The largest absolute Gasteiger partial charge is 0.496 e. The van der Waals surface area contributed by atoms with Gasteiger partial charge in [-0.05, 0) is 78.9 Å². The maximum absolute atomic E-state index is 13.5. The minimum atomic E-state index is -0.223. The average Bonchev–Trinajstić information content (AvgIpc) is 3.31. The van der Waals surface area contributed by atoms with Crippen LogP contribution >= 0.6 is 0 Å². The van der Waals surface area contributed by atoms with Gasteiger partial charge in [0.05, 0.1) is 30.5 Å². The van der Waals surface area contributed by atoms with E-state index in [1.54, 1.807) is 25.7 Å². The normalized spacial score (nSPS) is 12.2. The number of fused-ring (bicyclic) bond motifs is 1. The summed E-state index contributed by atoms with van der Waals surface area (Å²) in [6.45, 7) is 8.11. The molecule has 0 saturated carbocycles. The van der Waals surface area contributed by atoms with Crippen molar-refractivity contribution >= 4 is 23.2 Å². The number of hydrogen-bond acceptors (Lipinski definition) is 5. The van der Waals surface area contributed by atoms with E-state index in [0.717, 1.165) is 33.8 Å². The highest BCUT2D eigenvalue weighted by Gasteiger charge is 2.18. The van der Waals surface area contributed by atoms with Crippen molar-refractivity contribution in [1.29, 1.82) is 0 Å². The Bertz CT molecular complexity index is 1410. The lowest BCUT2D eigenvalue weighted by Crippen LogP contribution is -2.20. The molecule has 0 amide bonds. The van der Waals surface area contributed by atoms with Gasteiger partial charge < -0.3 is 9.15 Å². The van der Waals surface area contributed by atoms with Gasteiger partial charge >= 0.3 is 0 Å².